The first-order valence-electron chi connectivity index (χ1n) is 8.24. The number of rotatable bonds is 6. The minimum absolute atomic E-state index is 0.189. The molecule has 0 aliphatic carbocycles. The third-order valence-electron chi connectivity index (χ3n) is 3.23. The van der Waals surface area contributed by atoms with Crippen molar-refractivity contribution in [2.75, 3.05) is 6.61 Å². The summed E-state index contributed by atoms with van der Waals surface area (Å²) in [5.74, 6) is 6.40. The van der Waals surface area contributed by atoms with Crippen molar-refractivity contribution in [1.82, 2.24) is 9.78 Å². The Bertz CT molecular complexity index is 843. The van der Waals surface area contributed by atoms with Crippen molar-refractivity contribution in [3.8, 4) is 23.5 Å². The van der Waals surface area contributed by atoms with E-state index in [-0.39, 0.29) is 12.5 Å². The Morgan fingerprint density at radius 2 is 2.08 bits per heavy atom. The van der Waals surface area contributed by atoms with Crippen molar-refractivity contribution >= 4 is 6.21 Å². The first-order valence-corrected chi connectivity index (χ1v) is 8.24. The van der Waals surface area contributed by atoms with E-state index in [1.165, 1.54) is 12.3 Å². The molecule has 136 valence electrons. The van der Waals surface area contributed by atoms with Crippen LogP contribution in [0.2, 0.25) is 0 Å². The third kappa shape index (κ3) is 5.78. The zero-order chi connectivity index (χ0) is 18.9. The highest BCUT2D eigenvalue weighted by Gasteiger charge is 2.14. The second-order valence-corrected chi connectivity index (χ2v) is 5.89. The first kappa shape index (κ1) is 19.3. The van der Waals surface area contributed by atoms with Gasteiger partial charge in [-0.05, 0) is 19.1 Å². The second kappa shape index (κ2) is 9.42. The number of aromatic nitrogens is 2. The fourth-order valence-electron chi connectivity index (χ4n) is 2.04. The van der Waals surface area contributed by atoms with Crippen molar-refractivity contribution in [2.24, 2.45) is 18.1 Å². The average Bonchev–Trinajstić information content (AvgIpc) is 2.86. The van der Waals surface area contributed by atoms with Gasteiger partial charge in [-0.3, -0.25) is 0 Å². The third-order valence-corrected chi connectivity index (χ3v) is 3.23. The minimum atomic E-state index is -0.487. The molecule has 0 N–H and O–H groups in total. The predicted octanol–water partition coefficient (Wildman–Crippen LogP) is 4.38. The molecule has 0 unspecified atom stereocenters. The summed E-state index contributed by atoms with van der Waals surface area (Å²) in [7, 11) is 1.78. The molecule has 0 bridgehead atoms. The molecule has 0 fully saturated rings. The van der Waals surface area contributed by atoms with E-state index in [1.807, 2.05) is 51.1 Å². The molecule has 2 rings (SSSR count). The number of oxime groups is 1. The Morgan fingerprint density at radius 3 is 2.77 bits per heavy atom. The molecule has 0 saturated carbocycles. The fraction of sp³-hybridized carbons (Fsp3) is 0.300. The van der Waals surface area contributed by atoms with Gasteiger partial charge in [0.2, 0.25) is 5.88 Å². The van der Waals surface area contributed by atoms with E-state index in [0.717, 1.165) is 5.69 Å². The summed E-state index contributed by atoms with van der Waals surface area (Å²) in [6.45, 7) is 5.42. The number of ether oxygens (including phenoxy) is 1. The summed E-state index contributed by atoms with van der Waals surface area (Å²) in [6.07, 6.45) is 2.66. The molecule has 0 aliphatic heterocycles. The van der Waals surface area contributed by atoms with E-state index in [9.17, 15) is 4.39 Å². The lowest BCUT2D eigenvalue weighted by atomic mass is 10.2. The van der Waals surface area contributed by atoms with Crippen LogP contribution in [0.25, 0.3) is 0 Å². The van der Waals surface area contributed by atoms with Crippen LogP contribution in [0.5, 0.6) is 11.6 Å². The smallest absolute Gasteiger partial charge is 0.226 e. The summed E-state index contributed by atoms with van der Waals surface area (Å²) in [5.41, 5.74) is 1.39. The number of para-hydroxylation sites is 1. The van der Waals surface area contributed by atoms with Gasteiger partial charge >= 0.3 is 0 Å². The maximum atomic E-state index is 13.5. The summed E-state index contributed by atoms with van der Waals surface area (Å²) < 4.78 is 21.0. The fourth-order valence-corrected chi connectivity index (χ4v) is 2.04. The van der Waals surface area contributed by atoms with Gasteiger partial charge in [0.05, 0.1) is 17.5 Å². The van der Waals surface area contributed by atoms with E-state index >= 15 is 0 Å². The number of hydrogen-bond donors (Lipinski definition) is 0. The van der Waals surface area contributed by atoms with Gasteiger partial charge in [-0.25, -0.2) is 9.07 Å². The minimum Gasteiger partial charge on any atom is -0.439 e. The lowest BCUT2D eigenvalue weighted by Gasteiger charge is -2.06. The molecule has 0 aliphatic rings. The molecular formula is C20H22FN3O2. The maximum absolute atomic E-state index is 13.5. The standard InChI is InChI=1S/C20H22FN3O2/c1-15(2)9-8-10-17(21)14-25-22-13-19-16(3)23-24(4)20(19)26-18-11-6-5-7-12-18/h5-7,10-13,15H,14H2,1-4H3. The van der Waals surface area contributed by atoms with E-state index in [0.29, 0.717) is 17.2 Å². The van der Waals surface area contributed by atoms with Gasteiger partial charge in [-0.1, -0.05) is 49.0 Å². The molecule has 0 spiro atoms. The Morgan fingerprint density at radius 1 is 1.35 bits per heavy atom. The molecule has 0 radical (unpaired) electrons. The Kier molecular flexibility index (Phi) is 6.98. The quantitative estimate of drug-likeness (QED) is 0.439. The molecule has 2 aromatic rings. The monoisotopic (exact) mass is 355 g/mol. The maximum Gasteiger partial charge on any atom is 0.226 e. The molecular weight excluding hydrogens is 333 g/mol. The van der Waals surface area contributed by atoms with Crippen LogP contribution in [-0.4, -0.2) is 22.6 Å². The zero-order valence-electron chi connectivity index (χ0n) is 15.4. The Labute approximate surface area is 153 Å². The Hall–Kier alpha value is -3.07. The number of allylic oxidation sites excluding steroid dienone is 1. The van der Waals surface area contributed by atoms with Gasteiger partial charge in [0.1, 0.15) is 11.6 Å². The van der Waals surface area contributed by atoms with Crippen LogP contribution >= 0.6 is 0 Å². The number of aryl methyl sites for hydroxylation is 2. The summed E-state index contributed by atoms with van der Waals surface area (Å²) in [6, 6.07) is 9.36. The molecule has 6 heteroatoms. The molecule has 26 heavy (non-hydrogen) atoms. The number of benzene rings is 1. The summed E-state index contributed by atoms with van der Waals surface area (Å²) in [5, 5.41) is 8.13. The summed E-state index contributed by atoms with van der Waals surface area (Å²) >= 11 is 0. The van der Waals surface area contributed by atoms with Crippen LogP contribution in [0.4, 0.5) is 4.39 Å². The predicted molar refractivity (Wildman–Crippen MR) is 99.8 cm³/mol. The number of nitrogens with zero attached hydrogens (tertiary/aromatic N) is 3. The SMILES string of the molecule is Cc1nn(C)c(Oc2ccccc2)c1C=NOCC(F)=CC#CC(C)C. The van der Waals surface area contributed by atoms with Gasteiger partial charge in [-0.15, -0.1) is 0 Å². The normalized spacial score (nSPS) is 11.5. The van der Waals surface area contributed by atoms with Gasteiger partial charge in [0, 0.05) is 19.0 Å². The van der Waals surface area contributed by atoms with Crippen molar-refractivity contribution in [3.05, 3.63) is 53.5 Å². The van der Waals surface area contributed by atoms with Crippen LogP contribution in [0.1, 0.15) is 25.1 Å². The van der Waals surface area contributed by atoms with Crippen molar-refractivity contribution in [3.63, 3.8) is 0 Å². The van der Waals surface area contributed by atoms with Gasteiger partial charge in [0.15, 0.2) is 6.61 Å². The molecule has 1 aromatic carbocycles. The van der Waals surface area contributed by atoms with Gasteiger partial charge in [-0.2, -0.15) is 5.10 Å². The van der Waals surface area contributed by atoms with Crippen molar-refractivity contribution in [1.29, 1.82) is 0 Å². The highest BCUT2D eigenvalue weighted by molar-refractivity contribution is 5.84. The molecule has 0 amide bonds. The van der Waals surface area contributed by atoms with Crippen LogP contribution in [-0.2, 0) is 11.9 Å². The number of halogens is 1. The molecule has 0 saturated heterocycles. The highest BCUT2D eigenvalue weighted by Crippen LogP contribution is 2.25. The van der Waals surface area contributed by atoms with E-state index < -0.39 is 5.83 Å². The van der Waals surface area contributed by atoms with Crippen molar-refractivity contribution < 1.29 is 14.0 Å². The second-order valence-electron chi connectivity index (χ2n) is 5.89. The summed E-state index contributed by atoms with van der Waals surface area (Å²) in [4.78, 5) is 4.99. The van der Waals surface area contributed by atoms with Crippen LogP contribution in [0, 0.1) is 24.7 Å². The first-order chi connectivity index (χ1) is 12.5. The average molecular weight is 355 g/mol. The van der Waals surface area contributed by atoms with Crippen LogP contribution in [0.15, 0.2) is 47.4 Å². The van der Waals surface area contributed by atoms with Gasteiger partial charge < -0.3 is 9.57 Å². The zero-order valence-corrected chi connectivity index (χ0v) is 15.4. The van der Waals surface area contributed by atoms with Gasteiger partial charge in [0.25, 0.3) is 0 Å². The molecule has 1 heterocycles. The lowest BCUT2D eigenvalue weighted by molar-refractivity contribution is 0.154. The van der Waals surface area contributed by atoms with E-state index in [1.54, 1.807) is 11.7 Å². The Balaban J connectivity index is 2.03. The van der Waals surface area contributed by atoms with E-state index in [4.69, 9.17) is 9.57 Å². The molecule has 5 nitrogen and oxygen atoms in total. The molecule has 1 aromatic heterocycles. The van der Waals surface area contributed by atoms with E-state index in [2.05, 4.69) is 22.1 Å². The lowest BCUT2D eigenvalue weighted by Crippen LogP contribution is -1.97. The molecule has 0 atom stereocenters. The van der Waals surface area contributed by atoms with Crippen LogP contribution in [0.3, 0.4) is 0 Å². The van der Waals surface area contributed by atoms with Crippen molar-refractivity contribution in [2.45, 2.75) is 20.8 Å². The number of hydrogen-bond acceptors (Lipinski definition) is 4. The van der Waals surface area contributed by atoms with Crippen LogP contribution < -0.4 is 4.74 Å². The topological polar surface area (TPSA) is 48.6 Å². The largest absolute Gasteiger partial charge is 0.439 e. The highest BCUT2D eigenvalue weighted by atomic mass is 19.1.